The third kappa shape index (κ3) is 3.57. The van der Waals surface area contributed by atoms with E-state index in [1.165, 1.54) is 12.1 Å². The van der Waals surface area contributed by atoms with Crippen LogP contribution in [-0.4, -0.2) is 10.7 Å². The number of hydrogen-bond donors (Lipinski definition) is 1. The highest BCUT2D eigenvalue weighted by Gasteiger charge is 2.29. The lowest BCUT2D eigenvalue weighted by Crippen LogP contribution is -2.05. The molecule has 0 radical (unpaired) electrons. The van der Waals surface area contributed by atoms with E-state index in [0.717, 1.165) is 12.1 Å². The van der Waals surface area contributed by atoms with Crippen LogP contribution in [0.1, 0.15) is 18.2 Å². The first-order valence-electron chi connectivity index (χ1n) is 5.86. The van der Waals surface area contributed by atoms with Crippen molar-refractivity contribution in [3.8, 4) is 0 Å². The van der Waals surface area contributed by atoms with Gasteiger partial charge in [-0.15, -0.1) is 0 Å². The number of rotatable bonds is 3. The summed E-state index contributed by atoms with van der Waals surface area (Å²) in [5.74, 6) is 0. The standard InChI is InChI=1S/C14H12F3N3/c1-10(13-4-2-3-9-18-13)19-20-12-7-5-11(6-8-12)14(15,16)17/h2-9,20H,1H3/b19-10-. The second-order valence-corrected chi connectivity index (χ2v) is 4.10. The summed E-state index contributed by atoms with van der Waals surface area (Å²) in [6, 6.07) is 10.1. The fourth-order valence-corrected chi connectivity index (χ4v) is 1.52. The second-order valence-electron chi connectivity index (χ2n) is 4.10. The number of hydrazone groups is 1. The zero-order valence-corrected chi connectivity index (χ0v) is 10.6. The van der Waals surface area contributed by atoms with Crippen molar-refractivity contribution in [1.82, 2.24) is 4.98 Å². The molecule has 2 rings (SSSR count). The van der Waals surface area contributed by atoms with E-state index in [2.05, 4.69) is 15.5 Å². The molecule has 0 aliphatic heterocycles. The molecule has 2 aromatic rings. The first kappa shape index (κ1) is 14.0. The molecule has 0 unspecified atom stereocenters. The molecule has 6 heteroatoms. The lowest BCUT2D eigenvalue weighted by molar-refractivity contribution is -0.137. The van der Waals surface area contributed by atoms with Gasteiger partial charge < -0.3 is 0 Å². The highest BCUT2D eigenvalue weighted by Crippen LogP contribution is 2.29. The normalized spacial score (nSPS) is 12.3. The van der Waals surface area contributed by atoms with Crippen LogP contribution in [-0.2, 0) is 6.18 Å². The first-order valence-corrected chi connectivity index (χ1v) is 5.86. The number of nitrogens with zero attached hydrogens (tertiary/aromatic N) is 2. The minimum absolute atomic E-state index is 0.480. The van der Waals surface area contributed by atoms with Crippen molar-refractivity contribution in [2.24, 2.45) is 5.10 Å². The smallest absolute Gasteiger partial charge is 0.278 e. The maximum atomic E-state index is 12.4. The Kier molecular flexibility index (Phi) is 4.02. The summed E-state index contributed by atoms with van der Waals surface area (Å²) in [6.07, 6.45) is -2.68. The van der Waals surface area contributed by atoms with Crippen molar-refractivity contribution >= 4 is 11.4 Å². The zero-order valence-electron chi connectivity index (χ0n) is 10.6. The van der Waals surface area contributed by atoms with E-state index < -0.39 is 11.7 Å². The number of aromatic nitrogens is 1. The van der Waals surface area contributed by atoms with Crippen molar-refractivity contribution in [1.29, 1.82) is 0 Å². The molecule has 1 N–H and O–H groups in total. The highest BCUT2D eigenvalue weighted by molar-refractivity contribution is 5.97. The molecule has 0 saturated carbocycles. The van der Waals surface area contributed by atoms with Crippen molar-refractivity contribution in [2.45, 2.75) is 13.1 Å². The van der Waals surface area contributed by atoms with Gasteiger partial charge in [-0.2, -0.15) is 18.3 Å². The molecule has 1 aromatic carbocycles. The van der Waals surface area contributed by atoms with E-state index in [4.69, 9.17) is 0 Å². The van der Waals surface area contributed by atoms with E-state index in [1.54, 1.807) is 25.3 Å². The van der Waals surface area contributed by atoms with Crippen LogP contribution < -0.4 is 5.43 Å². The summed E-state index contributed by atoms with van der Waals surface area (Å²) in [6.45, 7) is 1.76. The van der Waals surface area contributed by atoms with Crippen LogP contribution in [0.25, 0.3) is 0 Å². The Bertz CT molecular complexity index is 589. The summed E-state index contributed by atoms with van der Waals surface area (Å²) < 4.78 is 37.2. The Morgan fingerprint density at radius 2 is 1.80 bits per heavy atom. The topological polar surface area (TPSA) is 37.3 Å². The maximum Gasteiger partial charge on any atom is 0.416 e. The monoisotopic (exact) mass is 279 g/mol. The summed E-state index contributed by atoms with van der Waals surface area (Å²) >= 11 is 0. The molecule has 1 heterocycles. The molecule has 0 fully saturated rings. The van der Waals surface area contributed by atoms with Crippen molar-refractivity contribution in [3.63, 3.8) is 0 Å². The third-order valence-corrected chi connectivity index (χ3v) is 2.60. The van der Waals surface area contributed by atoms with Gasteiger partial charge in [-0.3, -0.25) is 10.4 Å². The first-order chi connectivity index (χ1) is 9.47. The van der Waals surface area contributed by atoms with Gasteiger partial charge >= 0.3 is 6.18 Å². The van der Waals surface area contributed by atoms with E-state index in [-0.39, 0.29) is 0 Å². The van der Waals surface area contributed by atoms with Crippen LogP contribution in [0.3, 0.4) is 0 Å². The quantitative estimate of drug-likeness (QED) is 0.682. The van der Waals surface area contributed by atoms with Crippen molar-refractivity contribution < 1.29 is 13.2 Å². The molecule has 104 valence electrons. The van der Waals surface area contributed by atoms with E-state index in [1.807, 2.05) is 6.07 Å². The van der Waals surface area contributed by atoms with E-state index in [9.17, 15) is 13.2 Å². The summed E-state index contributed by atoms with van der Waals surface area (Å²) in [4.78, 5) is 4.12. The molecule has 0 atom stereocenters. The second kappa shape index (κ2) is 5.73. The van der Waals surface area contributed by atoms with Gasteiger partial charge in [0.25, 0.3) is 0 Å². The molecule has 0 amide bonds. The molecule has 3 nitrogen and oxygen atoms in total. The van der Waals surface area contributed by atoms with E-state index >= 15 is 0 Å². The Labute approximate surface area is 114 Å². The van der Waals surface area contributed by atoms with Gasteiger partial charge in [-0.1, -0.05) is 6.07 Å². The minimum Gasteiger partial charge on any atom is -0.278 e. The third-order valence-electron chi connectivity index (χ3n) is 2.60. The van der Waals surface area contributed by atoms with E-state index in [0.29, 0.717) is 17.1 Å². The number of alkyl halides is 3. The highest BCUT2D eigenvalue weighted by atomic mass is 19.4. The predicted molar refractivity (Wildman–Crippen MR) is 71.5 cm³/mol. The van der Waals surface area contributed by atoms with Crippen LogP contribution in [0.4, 0.5) is 18.9 Å². The average molecular weight is 279 g/mol. The zero-order chi connectivity index (χ0) is 14.6. The number of benzene rings is 1. The molecule has 1 aromatic heterocycles. The molecule has 0 aliphatic rings. The Hall–Kier alpha value is -2.37. The van der Waals surface area contributed by atoms with Crippen LogP contribution in [0, 0.1) is 0 Å². The number of anilines is 1. The van der Waals surface area contributed by atoms with Crippen LogP contribution in [0.5, 0.6) is 0 Å². The number of pyridine rings is 1. The number of nitrogens with one attached hydrogen (secondary N) is 1. The lowest BCUT2D eigenvalue weighted by atomic mass is 10.2. The average Bonchev–Trinajstić information content (AvgIpc) is 2.45. The molecule has 0 spiro atoms. The molecule has 0 bridgehead atoms. The Morgan fingerprint density at radius 1 is 1.10 bits per heavy atom. The Balaban J connectivity index is 2.08. The molecular weight excluding hydrogens is 267 g/mol. The molecular formula is C14H12F3N3. The van der Waals surface area contributed by atoms with Gasteiger partial charge in [0.1, 0.15) is 0 Å². The maximum absolute atomic E-state index is 12.4. The largest absolute Gasteiger partial charge is 0.416 e. The van der Waals surface area contributed by atoms with Crippen molar-refractivity contribution in [3.05, 3.63) is 59.9 Å². The number of halogens is 3. The van der Waals surface area contributed by atoms with Gasteiger partial charge in [-0.05, 0) is 43.3 Å². The fourth-order valence-electron chi connectivity index (χ4n) is 1.52. The summed E-state index contributed by atoms with van der Waals surface area (Å²) in [7, 11) is 0. The van der Waals surface area contributed by atoms with Crippen LogP contribution >= 0.6 is 0 Å². The van der Waals surface area contributed by atoms with Crippen LogP contribution in [0.15, 0.2) is 53.8 Å². The lowest BCUT2D eigenvalue weighted by Gasteiger charge is -2.07. The minimum atomic E-state index is -4.33. The summed E-state index contributed by atoms with van der Waals surface area (Å²) in [5, 5.41) is 4.08. The molecule has 20 heavy (non-hydrogen) atoms. The van der Waals surface area contributed by atoms with Gasteiger partial charge in [0, 0.05) is 6.20 Å². The molecule has 0 aliphatic carbocycles. The predicted octanol–water partition coefficient (Wildman–Crippen LogP) is 3.94. The van der Waals surface area contributed by atoms with Crippen LogP contribution in [0.2, 0.25) is 0 Å². The van der Waals surface area contributed by atoms with Gasteiger partial charge in [0.2, 0.25) is 0 Å². The Morgan fingerprint density at radius 3 is 2.35 bits per heavy atom. The van der Waals surface area contributed by atoms with Gasteiger partial charge in [-0.25, -0.2) is 0 Å². The molecule has 0 saturated heterocycles. The van der Waals surface area contributed by atoms with Gasteiger partial charge in [0.15, 0.2) is 0 Å². The SMILES string of the molecule is C/C(=N/Nc1ccc(C(F)(F)F)cc1)c1ccccn1. The van der Waals surface area contributed by atoms with Gasteiger partial charge in [0.05, 0.1) is 22.7 Å². The summed E-state index contributed by atoms with van der Waals surface area (Å²) in [5.41, 5.74) is 3.84. The van der Waals surface area contributed by atoms with Crippen molar-refractivity contribution in [2.75, 3.05) is 5.43 Å². The number of hydrogen-bond acceptors (Lipinski definition) is 3. The fraction of sp³-hybridized carbons (Fsp3) is 0.143.